The van der Waals surface area contributed by atoms with Crippen molar-refractivity contribution in [1.82, 2.24) is 24.6 Å². The van der Waals surface area contributed by atoms with Crippen LogP contribution in [0.4, 0.5) is 0 Å². The normalized spacial score (nSPS) is 20.0. The van der Waals surface area contributed by atoms with E-state index in [1.54, 1.807) is 0 Å². The number of hydrogen-bond acceptors (Lipinski definition) is 4. The largest absolute Gasteiger partial charge is 0.380 e. The molecule has 4 rings (SSSR count). The summed E-state index contributed by atoms with van der Waals surface area (Å²) in [6, 6.07) is 3.03. The van der Waals surface area contributed by atoms with Gasteiger partial charge in [0.2, 0.25) is 0 Å². The van der Waals surface area contributed by atoms with Gasteiger partial charge in [-0.1, -0.05) is 6.92 Å². The average Bonchev–Trinajstić information content (AvgIpc) is 3.37. The van der Waals surface area contributed by atoms with Gasteiger partial charge in [0, 0.05) is 61.3 Å². The Kier molecular flexibility index (Phi) is 6.31. The van der Waals surface area contributed by atoms with Crippen molar-refractivity contribution in [3.63, 3.8) is 0 Å². The summed E-state index contributed by atoms with van der Waals surface area (Å²) in [6.07, 6.45) is 13.1. The van der Waals surface area contributed by atoms with Crippen LogP contribution in [0.1, 0.15) is 51.0 Å². The van der Waals surface area contributed by atoms with Gasteiger partial charge >= 0.3 is 0 Å². The van der Waals surface area contributed by atoms with Crippen LogP contribution in [-0.2, 0) is 11.8 Å². The van der Waals surface area contributed by atoms with Crippen LogP contribution >= 0.6 is 0 Å². The quantitative estimate of drug-likeness (QED) is 0.576. The zero-order valence-electron chi connectivity index (χ0n) is 17.9. The molecule has 3 aromatic rings. The number of H-pyrrole nitrogens is 1. The molecule has 29 heavy (non-hydrogen) atoms. The second kappa shape index (κ2) is 9.09. The number of nitrogens with one attached hydrogen (secondary N) is 1. The number of aromatic amines is 1. The summed E-state index contributed by atoms with van der Waals surface area (Å²) in [5, 5.41) is 5.52. The fourth-order valence-corrected chi connectivity index (χ4v) is 4.74. The van der Waals surface area contributed by atoms with Crippen molar-refractivity contribution < 1.29 is 4.74 Å². The van der Waals surface area contributed by atoms with Crippen LogP contribution in [0.3, 0.4) is 0 Å². The zero-order chi connectivity index (χ0) is 20.2. The molecule has 1 fully saturated rings. The number of aryl methyl sites for hydroxylation is 1. The van der Waals surface area contributed by atoms with Gasteiger partial charge < -0.3 is 9.72 Å². The van der Waals surface area contributed by atoms with Gasteiger partial charge in [-0.2, -0.15) is 5.10 Å². The lowest BCUT2D eigenvalue weighted by Crippen LogP contribution is -2.39. The van der Waals surface area contributed by atoms with E-state index in [0.29, 0.717) is 12.0 Å². The Morgan fingerprint density at radius 1 is 1.21 bits per heavy atom. The number of hydrogen-bond donors (Lipinski definition) is 1. The van der Waals surface area contributed by atoms with Crippen molar-refractivity contribution >= 4 is 11.0 Å². The maximum absolute atomic E-state index is 5.57. The minimum atomic E-state index is 0.602. The molecule has 0 spiro atoms. The zero-order valence-corrected chi connectivity index (χ0v) is 17.9. The van der Waals surface area contributed by atoms with Crippen molar-refractivity contribution in [2.45, 2.75) is 51.5 Å². The molecule has 0 bridgehead atoms. The second-order valence-electron chi connectivity index (χ2n) is 8.10. The van der Waals surface area contributed by atoms with Crippen LogP contribution in [-0.4, -0.2) is 57.0 Å². The summed E-state index contributed by atoms with van der Waals surface area (Å²) >= 11 is 0. The topological polar surface area (TPSA) is 59.0 Å². The molecule has 0 aromatic carbocycles. The number of rotatable bonds is 8. The fourth-order valence-electron chi connectivity index (χ4n) is 4.74. The first-order valence-corrected chi connectivity index (χ1v) is 11.0. The Morgan fingerprint density at radius 2 is 2.03 bits per heavy atom. The Labute approximate surface area is 173 Å². The number of aromatic nitrogens is 4. The van der Waals surface area contributed by atoms with E-state index in [-0.39, 0.29) is 0 Å². The molecule has 6 heteroatoms. The van der Waals surface area contributed by atoms with E-state index in [2.05, 4.69) is 47.3 Å². The highest BCUT2D eigenvalue weighted by molar-refractivity contribution is 5.93. The molecule has 0 saturated heterocycles. The summed E-state index contributed by atoms with van der Waals surface area (Å²) in [5.41, 5.74) is 4.64. The first-order valence-electron chi connectivity index (χ1n) is 11.0. The number of nitrogens with zero attached hydrogens (tertiary/aromatic N) is 4. The number of fused-ring (bicyclic) bond motifs is 1. The van der Waals surface area contributed by atoms with Gasteiger partial charge in [0.25, 0.3) is 0 Å². The minimum absolute atomic E-state index is 0.602. The van der Waals surface area contributed by atoms with E-state index in [4.69, 9.17) is 9.72 Å². The highest BCUT2D eigenvalue weighted by Gasteiger charge is 2.26. The molecular weight excluding hydrogens is 362 g/mol. The lowest BCUT2D eigenvalue weighted by atomic mass is 9.81. The molecule has 1 N–H and O–H groups in total. The van der Waals surface area contributed by atoms with E-state index < -0.39 is 0 Å². The summed E-state index contributed by atoms with van der Waals surface area (Å²) < 4.78 is 7.42. The van der Waals surface area contributed by atoms with Crippen LogP contribution in [0, 0.1) is 0 Å². The lowest BCUT2D eigenvalue weighted by molar-refractivity contribution is 0.0834. The molecule has 6 nitrogen and oxygen atoms in total. The van der Waals surface area contributed by atoms with Gasteiger partial charge in [0.05, 0.1) is 12.8 Å². The lowest BCUT2D eigenvalue weighted by Gasteiger charge is -2.36. The van der Waals surface area contributed by atoms with Gasteiger partial charge in [-0.15, -0.1) is 0 Å². The summed E-state index contributed by atoms with van der Waals surface area (Å²) in [6.45, 7) is 8.13. The van der Waals surface area contributed by atoms with Crippen LogP contribution in [0.5, 0.6) is 0 Å². The first kappa shape index (κ1) is 20.1. The van der Waals surface area contributed by atoms with Gasteiger partial charge in [-0.05, 0) is 56.7 Å². The average molecular weight is 396 g/mol. The van der Waals surface area contributed by atoms with E-state index in [0.717, 1.165) is 37.5 Å². The molecule has 156 valence electrons. The van der Waals surface area contributed by atoms with E-state index in [9.17, 15) is 0 Å². The molecule has 3 heterocycles. The Hall–Kier alpha value is -2.18. The van der Waals surface area contributed by atoms with Gasteiger partial charge in [0.1, 0.15) is 5.65 Å². The van der Waals surface area contributed by atoms with Gasteiger partial charge in [-0.3, -0.25) is 9.58 Å². The molecule has 3 aromatic heterocycles. The third kappa shape index (κ3) is 4.38. The Morgan fingerprint density at radius 3 is 2.72 bits per heavy atom. The standard InChI is InChI=1S/C23H33N5O/c1-4-28(10-11-29-5-2)20-8-6-17(7-9-20)18-12-21-22(15-25-23(21)24-13-18)19-14-26-27(3)16-19/h12-17,20H,4-11H2,1-3H3,(H,24,25)/t17-,20+. The summed E-state index contributed by atoms with van der Waals surface area (Å²) in [4.78, 5) is 10.6. The predicted octanol–water partition coefficient (Wildman–Crippen LogP) is 4.35. The fraction of sp³-hybridized carbons (Fsp3) is 0.565. The maximum Gasteiger partial charge on any atom is 0.137 e. The molecular formula is C23H33N5O. The maximum atomic E-state index is 5.57. The van der Waals surface area contributed by atoms with Gasteiger partial charge in [-0.25, -0.2) is 4.98 Å². The van der Waals surface area contributed by atoms with Gasteiger partial charge in [0.15, 0.2) is 0 Å². The molecule has 0 amide bonds. The number of ether oxygens (including phenoxy) is 1. The third-order valence-electron chi connectivity index (χ3n) is 6.39. The van der Waals surface area contributed by atoms with Crippen molar-refractivity contribution in [2.24, 2.45) is 7.05 Å². The SMILES string of the molecule is CCOCCN(CC)[C@H]1CC[C@@H](c2cnc3[nH]cc(-c4cnn(C)c4)c3c2)CC1. The smallest absolute Gasteiger partial charge is 0.137 e. The number of pyridine rings is 1. The minimum Gasteiger partial charge on any atom is -0.380 e. The number of likely N-dealkylation sites (N-methyl/N-ethyl adjacent to an activating group) is 1. The van der Waals surface area contributed by atoms with Crippen molar-refractivity contribution in [2.75, 3.05) is 26.3 Å². The summed E-state index contributed by atoms with van der Waals surface area (Å²) in [7, 11) is 1.95. The van der Waals surface area contributed by atoms with Crippen LogP contribution < -0.4 is 0 Å². The van der Waals surface area contributed by atoms with E-state index in [1.165, 1.54) is 42.2 Å². The van der Waals surface area contributed by atoms with Crippen LogP contribution in [0.15, 0.2) is 30.9 Å². The van der Waals surface area contributed by atoms with Crippen LogP contribution in [0.25, 0.3) is 22.2 Å². The van der Waals surface area contributed by atoms with Crippen molar-refractivity contribution in [3.05, 3.63) is 36.4 Å². The highest BCUT2D eigenvalue weighted by Crippen LogP contribution is 2.37. The Bertz CT molecular complexity index is 922. The second-order valence-corrected chi connectivity index (χ2v) is 8.10. The highest BCUT2D eigenvalue weighted by atomic mass is 16.5. The molecule has 0 atom stereocenters. The molecule has 1 aliphatic carbocycles. The molecule has 0 unspecified atom stereocenters. The van der Waals surface area contributed by atoms with Crippen LogP contribution in [0.2, 0.25) is 0 Å². The van der Waals surface area contributed by atoms with Crippen molar-refractivity contribution in [3.8, 4) is 11.1 Å². The van der Waals surface area contributed by atoms with E-state index in [1.807, 2.05) is 24.1 Å². The summed E-state index contributed by atoms with van der Waals surface area (Å²) in [5.74, 6) is 0.602. The van der Waals surface area contributed by atoms with Crippen molar-refractivity contribution in [1.29, 1.82) is 0 Å². The van der Waals surface area contributed by atoms with E-state index >= 15 is 0 Å². The monoisotopic (exact) mass is 395 g/mol. The predicted molar refractivity (Wildman–Crippen MR) is 117 cm³/mol. The third-order valence-corrected chi connectivity index (χ3v) is 6.39. The molecule has 0 radical (unpaired) electrons. The molecule has 1 saturated carbocycles. The first-order chi connectivity index (χ1) is 14.2. The Balaban J connectivity index is 1.46. The molecule has 1 aliphatic rings. The molecule has 0 aliphatic heterocycles.